The number of amides is 1. The van der Waals surface area contributed by atoms with Crippen molar-refractivity contribution < 1.29 is 23.1 Å². The number of halogens is 1. The molecule has 0 N–H and O–H groups in total. The van der Waals surface area contributed by atoms with Gasteiger partial charge in [0.25, 0.3) is 0 Å². The van der Waals surface area contributed by atoms with Crippen molar-refractivity contribution in [1.82, 2.24) is 4.90 Å². The molecule has 0 fully saturated rings. The minimum Gasteiger partial charge on any atom is -0.497 e. The van der Waals surface area contributed by atoms with Crippen molar-refractivity contribution in [3.63, 3.8) is 0 Å². The van der Waals surface area contributed by atoms with Crippen LogP contribution in [0.15, 0.2) is 51.7 Å². The smallest absolute Gasteiger partial charge is 0.339 e. The van der Waals surface area contributed by atoms with Gasteiger partial charge in [0.1, 0.15) is 29.5 Å². The van der Waals surface area contributed by atoms with E-state index in [1.54, 1.807) is 31.2 Å². The molecule has 7 heteroatoms. The van der Waals surface area contributed by atoms with Crippen LogP contribution in [0.5, 0.6) is 11.5 Å². The number of hydrogen-bond acceptors (Lipinski definition) is 5. The molecule has 0 atom stereocenters. The summed E-state index contributed by atoms with van der Waals surface area (Å²) in [6.07, 6.45) is 0.471. The van der Waals surface area contributed by atoms with Crippen molar-refractivity contribution in [1.29, 1.82) is 0 Å². The van der Waals surface area contributed by atoms with E-state index in [4.69, 9.17) is 13.9 Å². The van der Waals surface area contributed by atoms with E-state index in [2.05, 4.69) is 0 Å². The van der Waals surface area contributed by atoms with Gasteiger partial charge in [-0.1, -0.05) is 0 Å². The number of likely N-dealkylation sites (N-methyl/N-ethyl adjacent to an activating group) is 1. The predicted molar refractivity (Wildman–Crippen MR) is 112 cm³/mol. The number of aryl methyl sites for hydroxylation is 1. The quantitative estimate of drug-likeness (QED) is 0.527. The Hall–Kier alpha value is -3.35. The van der Waals surface area contributed by atoms with Gasteiger partial charge in [0.05, 0.1) is 13.7 Å². The van der Waals surface area contributed by atoms with Gasteiger partial charge in [0.2, 0.25) is 5.91 Å². The van der Waals surface area contributed by atoms with Crippen molar-refractivity contribution >= 4 is 16.9 Å². The number of carbonyl (C=O) groups is 1. The maximum atomic E-state index is 12.9. The molecule has 0 aliphatic heterocycles. The summed E-state index contributed by atoms with van der Waals surface area (Å²) in [5.74, 6) is 0.712. The molecule has 3 rings (SSSR count). The molecular formula is C23H24FNO5. The maximum absolute atomic E-state index is 12.9. The Kier molecular flexibility index (Phi) is 6.72. The Morgan fingerprint density at radius 2 is 1.83 bits per heavy atom. The Labute approximate surface area is 173 Å². The highest BCUT2D eigenvalue weighted by Gasteiger charge is 2.15. The predicted octanol–water partition coefficient (Wildman–Crippen LogP) is 3.72. The third-order valence-corrected chi connectivity index (χ3v) is 5.02. The summed E-state index contributed by atoms with van der Waals surface area (Å²) >= 11 is 0. The van der Waals surface area contributed by atoms with Crippen LogP contribution >= 0.6 is 0 Å². The second-order valence-electron chi connectivity index (χ2n) is 6.97. The number of rotatable bonds is 8. The fourth-order valence-corrected chi connectivity index (χ4v) is 3.17. The highest BCUT2D eigenvalue weighted by molar-refractivity contribution is 5.82. The summed E-state index contributed by atoms with van der Waals surface area (Å²) in [5, 5.41) is 0.818. The second-order valence-corrected chi connectivity index (χ2v) is 6.97. The minimum atomic E-state index is -0.441. The molecule has 0 unspecified atom stereocenters. The molecule has 0 bridgehead atoms. The molecule has 0 spiro atoms. The first kappa shape index (κ1) is 21.4. The Morgan fingerprint density at radius 1 is 1.13 bits per heavy atom. The van der Waals surface area contributed by atoms with E-state index in [0.717, 1.165) is 10.9 Å². The van der Waals surface area contributed by atoms with Crippen LogP contribution in [-0.2, 0) is 11.2 Å². The molecule has 3 aromatic rings. The zero-order valence-electron chi connectivity index (χ0n) is 17.2. The van der Waals surface area contributed by atoms with Crippen LogP contribution in [0.1, 0.15) is 17.5 Å². The number of hydrogen-bond donors (Lipinski definition) is 0. The summed E-state index contributed by atoms with van der Waals surface area (Å²) in [5.41, 5.74) is 1.32. The standard InChI is InChI=1S/C23H24FNO5/c1-15-19-9-8-18(28-3)14-21(19)30-23(27)20(15)10-11-22(26)25(2)12-13-29-17-6-4-16(24)5-7-17/h4-9,14H,10-13H2,1-3H3. The third kappa shape index (κ3) is 4.97. The zero-order valence-corrected chi connectivity index (χ0v) is 17.2. The van der Waals surface area contributed by atoms with Crippen LogP contribution in [0.2, 0.25) is 0 Å². The van der Waals surface area contributed by atoms with Gasteiger partial charge in [-0.25, -0.2) is 9.18 Å². The van der Waals surface area contributed by atoms with Crippen molar-refractivity contribution in [2.45, 2.75) is 19.8 Å². The monoisotopic (exact) mass is 413 g/mol. The van der Waals surface area contributed by atoms with E-state index in [1.807, 2.05) is 13.0 Å². The minimum absolute atomic E-state index is 0.105. The number of carbonyl (C=O) groups excluding carboxylic acids is 1. The van der Waals surface area contributed by atoms with Gasteiger partial charge in [-0.2, -0.15) is 0 Å². The number of methoxy groups -OCH3 is 1. The summed E-state index contributed by atoms with van der Waals surface area (Å²) in [6.45, 7) is 2.51. The highest BCUT2D eigenvalue weighted by atomic mass is 19.1. The Morgan fingerprint density at radius 3 is 2.53 bits per heavy atom. The maximum Gasteiger partial charge on any atom is 0.339 e. The third-order valence-electron chi connectivity index (χ3n) is 5.02. The van der Waals surface area contributed by atoms with Crippen LogP contribution in [0.25, 0.3) is 11.0 Å². The summed E-state index contributed by atoms with van der Waals surface area (Å²) in [6, 6.07) is 11.0. The lowest BCUT2D eigenvalue weighted by molar-refractivity contribution is -0.130. The highest BCUT2D eigenvalue weighted by Crippen LogP contribution is 2.24. The second kappa shape index (κ2) is 9.43. The molecule has 1 amide bonds. The fourth-order valence-electron chi connectivity index (χ4n) is 3.17. The van der Waals surface area contributed by atoms with Crippen LogP contribution in [0, 0.1) is 12.7 Å². The molecule has 1 heterocycles. The molecule has 6 nitrogen and oxygen atoms in total. The van der Waals surface area contributed by atoms with Gasteiger partial charge in [0.15, 0.2) is 0 Å². The molecule has 0 saturated carbocycles. The largest absolute Gasteiger partial charge is 0.497 e. The van der Waals surface area contributed by atoms with Crippen molar-refractivity contribution in [2.24, 2.45) is 0 Å². The van der Waals surface area contributed by atoms with Gasteiger partial charge in [-0.3, -0.25) is 4.79 Å². The lowest BCUT2D eigenvalue weighted by Gasteiger charge is -2.18. The molecule has 0 aliphatic rings. The van der Waals surface area contributed by atoms with Gasteiger partial charge in [-0.05, 0) is 55.3 Å². The van der Waals surface area contributed by atoms with E-state index in [0.29, 0.717) is 29.2 Å². The average molecular weight is 413 g/mol. The fraction of sp³-hybridized carbons (Fsp3) is 0.304. The number of ether oxygens (including phenoxy) is 2. The molecule has 2 aromatic carbocycles. The summed E-state index contributed by atoms with van der Waals surface area (Å²) in [4.78, 5) is 26.4. The number of nitrogens with zero attached hydrogens (tertiary/aromatic N) is 1. The first-order chi connectivity index (χ1) is 14.4. The van der Waals surface area contributed by atoms with E-state index in [-0.39, 0.29) is 31.2 Å². The molecule has 158 valence electrons. The summed E-state index contributed by atoms with van der Waals surface area (Å²) < 4.78 is 29.0. The lowest BCUT2D eigenvalue weighted by Crippen LogP contribution is -2.31. The van der Waals surface area contributed by atoms with Gasteiger partial charge in [-0.15, -0.1) is 0 Å². The molecular weight excluding hydrogens is 389 g/mol. The van der Waals surface area contributed by atoms with Crippen molar-refractivity contribution in [2.75, 3.05) is 27.3 Å². The average Bonchev–Trinajstić information content (AvgIpc) is 2.74. The van der Waals surface area contributed by atoms with E-state index in [9.17, 15) is 14.0 Å². The van der Waals surface area contributed by atoms with Gasteiger partial charge >= 0.3 is 5.63 Å². The SMILES string of the molecule is COc1ccc2c(C)c(CCC(=O)N(C)CCOc3ccc(F)cc3)c(=O)oc2c1. The summed E-state index contributed by atoms with van der Waals surface area (Å²) in [7, 11) is 3.23. The number of fused-ring (bicyclic) bond motifs is 1. The topological polar surface area (TPSA) is 69.0 Å². The molecule has 0 saturated heterocycles. The zero-order chi connectivity index (χ0) is 21.7. The first-order valence-electron chi connectivity index (χ1n) is 9.61. The van der Waals surface area contributed by atoms with Gasteiger partial charge < -0.3 is 18.8 Å². The van der Waals surface area contributed by atoms with Gasteiger partial charge in [0, 0.05) is 30.5 Å². The molecule has 0 radical (unpaired) electrons. The van der Waals surface area contributed by atoms with Crippen LogP contribution in [-0.4, -0.2) is 38.1 Å². The first-order valence-corrected chi connectivity index (χ1v) is 9.61. The molecule has 30 heavy (non-hydrogen) atoms. The number of benzene rings is 2. The van der Waals surface area contributed by atoms with E-state index >= 15 is 0 Å². The van der Waals surface area contributed by atoms with Crippen LogP contribution in [0.3, 0.4) is 0 Å². The Bertz CT molecular complexity index is 1090. The van der Waals surface area contributed by atoms with Crippen LogP contribution in [0.4, 0.5) is 4.39 Å². The molecule has 0 aliphatic carbocycles. The normalized spacial score (nSPS) is 10.8. The Balaban J connectivity index is 1.58. The molecule has 1 aromatic heterocycles. The van der Waals surface area contributed by atoms with Crippen molar-refractivity contribution in [3.05, 3.63) is 69.8 Å². The lowest BCUT2D eigenvalue weighted by atomic mass is 10.0. The van der Waals surface area contributed by atoms with E-state index < -0.39 is 5.63 Å². The van der Waals surface area contributed by atoms with Crippen molar-refractivity contribution in [3.8, 4) is 11.5 Å². The van der Waals surface area contributed by atoms with Crippen LogP contribution < -0.4 is 15.1 Å². The van der Waals surface area contributed by atoms with E-state index in [1.165, 1.54) is 24.3 Å².